The van der Waals surface area contributed by atoms with E-state index in [9.17, 15) is 0 Å². The normalized spacial score (nSPS) is 11.4. The van der Waals surface area contributed by atoms with Crippen molar-refractivity contribution in [3.63, 3.8) is 0 Å². The standard InChI is InChI=1S/C11H19N3/c1-5-11(2,3)14(4)10-8-13-7-6-9(10)12/h6-8H,5H2,1-4H3,(H2,12,13). The summed E-state index contributed by atoms with van der Waals surface area (Å²) in [7, 11) is 2.05. The van der Waals surface area contributed by atoms with E-state index in [1.165, 1.54) is 0 Å². The van der Waals surface area contributed by atoms with Crippen molar-refractivity contribution in [2.45, 2.75) is 32.7 Å². The molecule has 1 rings (SSSR count). The molecule has 3 heteroatoms. The number of nitrogens with two attached hydrogens (primary N) is 1. The Hall–Kier alpha value is -1.25. The molecule has 0 aliphatic carbocycles. The largest absolute Gasteiger partial charge is 0.397 e. The Bertz CT molecular complexity index is 307. The Morgan fingerprint density at radius 2 is 2.14 bits per heavy atom. The number of nitrogen functional groups attached to an aromatic ring is 1. The van der Waals surface area contributed by atoms with E-state index in [0.717, 1.165) is 17.8 Å². The van der Waals surface area contributed by atoms with Crippen LogP contribution < -0.4 is 10.6 Å². The zero-order valence-corrected chi connectivity index (χ0v) is 9.41. The van der Waals surface area contributed by atoms with E-state index in [4.69, 9.17) is 5.73 Å². The van der Waals surface area contributed by atoms with Gasteiger partial charge in [0.1, 0.15) is 0 Å². The van der Waals surface area contributed by atoms with Crippen molar-refractivity contribution in [2.75, 3.05) is 17.7 Å². The van der Waals surface area contributed by atoms with Gasteiger partial charge in [-0.15, -0.1) is 0 Å². The summed E-state index contributed by atoms with van der Waals surface area (Å²) in [5.41, 5.74) is 7.78. The average molecular weight is 193 g/mol. The smallest absolute Gasteiger partial charge is 0.0788 e. The van der Waals surface area contributed by atoms with Crippen molar-refractivity contribution < 1.29 is 0 Å². The first-order valence-electron chi connectivity index (χ1n) is 4.92. The molecule has 0 atom stereocenters. The predicted octanol–water partition coefficient (Wildman–Crippen LogP) is 2.29. The molecule has 0 unspecified atom stereocenters. The van der Waals surface area contributed by atoms with Crippen molar-refractivity contribution in [3.05, 3.63) is 18.5 Å². The van der Waals surface area contributed by atoms with Gasteiger partial charge in [0.15, 0.2) is 0 Å². The van der Waals surface area contributed by atoms with Gasteiger partial charge >= 0.3 is 0 Å². The molecule has 0 amide bonds. The lowest BCUT2D eigenvalue weighted by Gasteiger charge is -2.37. The maximum atomic E-state index is 5.89. The fraction of sp³-hybridized carbons (Fsp3) is 0.545. The number of hydrogen-bond donors (Lipinski definition) is 1. The maximum absolute atomic E-state index is 5.89. The molecule has 2 N–H and O–H groups in total. The zero-order valence-electron chi connectivity index (χ0n) is 9.41. The Balaban J connectivity index is 3.00. The van der Waals surface area contributed by atoms with Crippen LogP contribution in [-0.2, 0) is 0 Å². The SMILES string of the molecule is CCC(C)(C)N(C)c1cnccc1N. The van der Waals surface area contributed by atoms with Crippen LogP contribution in [0.1, 0.15) is 27.2 Å². The average Bonchev–Trinajstić information content (AvgIpc) is 2.17. The fourth-order valence-electron chi connectivity index (χ4n) is 1.24. The van der Waals surface area contributed by atoms with Crippen LogP contribution >= 0.6 is 0 Å². The molecule has 0 aliphatic rings. The molecule has 14 heavy (non-hydrogen) atoms. The molecule has 78 valence electrons. The Morgan fingerprint density at radius 3 is 2.64 bits per heavy atom. The molecular weight excluding hydrogens is 174 g/mol. The van der Waals surface area contributed by atoms with Crippen molar-refractivity contribution in [2.24, 2.45) is 0 Å². The summed E-state index contributed by atoms with van der Waals surface area (Å²) in [6.45, 7) is 6.56. The number of anilines is 2. The van der Waals surface area contributed by atoms with Crippen LogP contribution in [0.4, 0.5) is 11.4 Å². The highest BCUT2D eigenvalue weighted by atomic mass is 15.2. The van der Waals surface area contributed by atoms with E-state index in [2.05, 4.69) is 37.7 Å². The second-order valence-electron chi connectivity index (χ2n) is 4.16. The predicted molar refractivity (Wildman–Crippen MR) is 61.4 cm³/mol. The summed E-state index contributed by atoms with van der Waals surface area (Å²) in [4.78, 5) is 6.27. The molecule has 0 saturated heterocycles. The van der Waals surface area contributed by atoms with Gasteiger partial charge in [-0.1, -0.05) is 6.92 Å². The van der Waals surface area contributed by atoms with Gasteiger partial charge in [0.2, 0.25) is 0 Å². The first-order valence-corrected chi connectivity index (χ1v) is 4.92. The number of rotatable bonds is 3. The van der Waals surface area contributed by atoms with E-state index >= 15 is 0 Å². The van der Waals surface area contributed by atoms with Crippen molar-refractivity contribution in [1.82, 2.24) is 4.98 Å². The van der Waals surface area contributed by atoms with Crippen LogP contribution in [0.2, 0.25) is 0 Å². The highest BCUT2D eigenvalue weighted by Crippen LogP contribution is 2.28. The van der Waals surface area contributed by atoms with E-state index in [1.807, 2.05) is 12.3 Å². The third-order valence-corrected chi connectivity index (χ3v) is 2.97. The number of nitrogens with zero attached hydrogens (tertiary/aromatic N) is 2. The lowest BCUT2D eigenvalue weighted by atomic mass is 9.99. The van der Waals surface area contributed by atoms with Gasteiger partial charge < -0.3 is 10.6 Å². The molecule has 0 radical (unpaired) electrons. The third kappa shape index (κ3) is 1.97. The molecule has 3 nitrogen and oxygen atoms in total. The van der Waals surface area contributed by atoms with Crippen molar-refractivity contribution in [1.29, 1.82) is 0 Å². The Labute approximate surface area is 85.9 Å². The topological polar surface area (TPSA) is 42.2 Å². The third-order valence-electron chi connectivity index (χ3n) is 2.97. The second-order valence-corrected chi connectivity index (χ2v) is 4.16. The van der Waals surface area contributed by atoms with Gasteiger partial charge in [-0.05, 0) is 26.3 Å². The molecule has 0 aliphatic heterocycles. The number of pyridine rings is 1. The van der Waals surface area contributed by atoms with Crippen molar-refractivity contribution in [3.8, 4) is 0 Å². The lowest BCUT2D eigenvalue weighted by Crippen LogP contribution is -2.40. The van der Waals surface area contributed by atoms with E-state index in [1.54, 1.807) is 6.20 Å². The van der Waals surface area contributed by atoms with Crippen LogP contribution in [0, 0.1) is 0 Å². The minimum absolute atomic E-state index is 0.108. The molecular formula is C11H19N3. The summed E-state index contributed by atoms with van der Waals surface area (Å²) in [6.07, 6.45) is 4.59. The Morgan fingerprint density at radius 1 is 1.50 bits per heavy atom. The summed E-state index contributed by atoms with van der Waals surface area (Å²) in [5, 5.41) is 0. The molecule has 0 saturated carbocycles. The summed E-state index contributed by atoms with van der Waals surface area (Å²) in [6, 6.07) is 1.83. The van der Waals surface area contributed by atoms with E-state index < -0.39 is 0 Å². The Kier molecular flexibility index (Phi) is 2.99. The molecule has 1 heterocycles. The highest BCUT2D eigenvalue weighted by Gasteiger charge is 2.22. The number of hydrogen-bond acceptors (Lipinski definition) is 3. The summed E-state index contributed by atoms with van der Waals surface area (Å²) >= 11 is 0. The molecule has 0 fully saturated rings. The fourth-order valence-corrected chi connectivity index (χ4v) is 1.24. The van der Waals surface area contributed by atoms with E-state index in [-0.39, 0.29) is 5.54 Å². The van der Waals surface area contributed by atoms with Crippen LogP contribution in [0.25, 0.3) is 0 Å². The quantitative estimate of drug-likeness (QED) is 0.800. The summed E-state index contributed by atoms with van der Waals surface area (Å²) < 4.78 is 0. The van der Waals surface area contributed by atoms with E-state index in [0.29, 0.717) is 0 Å². The second kappa shape index (κ2) is 3.86. The van der Waals surface area contributed by atoms with Crippen LogP contribution in [-0.4, -0.2) is 17.6 Å². The minimum atomic E-state index is 0.108. The van der Waals surface area contributed by atoms with Crippen LogP contribution in [0.3, 0.4) is 0 Å². The maximum Gasteiger partial charge on any atom is 0.0788 e. The molecule has 0 spiro atoms. The van der Waals surface area contributed by atoms with Gasteiger partial charge in [0.05, 0.1) is 17.6 Å². The molecule has 1 aromatic rings. The van der Waals surface area contributed by atoms with Gasteiger partial charge in [-0.3, -0.25) is 4.98 Å². The molecule has 0 bridgehead atoms. The monoisotopic (exact) mass is 193 g/mol. The van der Waals surface area contributed by atoms with Crippen molar-refractivity contribution >= 4 is 11.4 Å². The first kappa shape index (κ1) is 10.8. The van der Waals surface area contributed by atoms with Gasteiger partial charge in [-0.2, -0.15) is 0 Å². The van der Waals surface area contributed by atoms with Gasteiger partial charge in [0.25, 0.3) is 0 Å². The molecule has 1 aromatic heterocycles. The number of aromatic nitrogens is 1. The molecule has 0 aromatic carbocycles. The lowest BCUT2D eigenvalue weighted by molar-refractivity contribution is 0.471. The van der Waals surface area contributed by atoms with Gasteiger partial charge in [0, 0.05) is 18.8 Å². The van der Waals surface area contributed by atoms with Crippen LogP contribution in [0.15, 0.2) is 18.5 Å². The first-order chi connectivity index (χ1) is 6.49. The zero-order chi connectivity index (χ0) is 10.8. The highest BCUT2D eigenvalue weighted by molar-refractivity contribution is 5.66. The van der Waals surface area contributed by atoms with Crippen LogP contribution in [0.5, 0.6) is 0 Å². The summed E-state index contributed by atoms with van der Waals surface area (Å²) in [5.74, 6) is 0. The minimum Gasteiger partial charge on any atom is -0.397 e. The van der Waals surface area contributed by atoms with Gasteiger partial charge in [-0.25, -0.2) is 0 Å².